The lowest BCUT2D eigenvalue weighted by atomic mass is 10.1. The summed E-state index contributed by atoms with van der Waals surface area (Å²) in [4.78, 5) is 14.7. The van der Waals surface area contributed by atoms with Crippen LogP contribution in [0.4, 0.5) is 13.2 Å². The van der Waals surface area contributed by atoms with Gasteiger partial charge in [0.2, 0.25) is 5.87 Å². The molecule has 2 aromatic heterocycles. The molecule has 25 heavy (non-hydrogen) atoms. The summed E-state index contributed by atoms with van der Waals surface area (Å²) in [6.45, 7) is 0. The second kappa shape index (κ2) is 6.64. The van der Waals surface area contributed by atoms with Gasteiger partial charge in [0.15, 0.2) is 12.2 Å². The highest BCUT2D eigenvalue weighted by Crippen LogP contribution is 2.26. The third-order valence-corrected chi connectivity index (χ3v) is 3.47. The highest BCUT2D eigenvalue weighted by atomic mass is 19.4. The van der Waals surface area contributed by atoms with Crippen LogP contribution < -0.4 is 15.7 Å². The molecule has 0 aromatic carbocycles. The van der Waals surface area contributed by atoms with Crippen molar-refractivity contribution >= 4 is 34.5 Å². The number of hydrogen-bond donors (Lipinski definition) is 3. The third kappa shape index (κ3) is 3.60. The van der Waals surface area contributed by atoms with Gasteiger partial charge in [-0.25, -0.2) is 15.3 Å². The molecule has 2 aromatic rings. The first-order valence-electron chi connectivity index (χ1n) is 7.19. The normalized spacial score (nSPS) is 15.8. The summed E-state index contributed by atoms with van der Waals surface area (Å²) in [5.41, 5.74) is 6.77. The van der Waals surface area contributed by atoms with Gasteiger partial charge in [-0.2, -0.15) is 17.8 Å². The van der Waals surface area contributed by atoms with E-state index in [0.717, 1.165) is 12.4 Å². The largest absolute Gasteiger partial charge is 0.411 e. The molecule has 128 valence electrons. The minimum atomic E-state index is -4.53. The number of allylic oxidation sites excluding steroid dienone is 1. The first kappa shape index (κ1) is 16.5. The first-order chi connectivity index (χ1) is 12.0. The van der Waals surface area contributed by atoms with E-state index in [9.17, 15) is 13.2 Å². The highest BCUT2D eigenvalue weighted by molar-refractivity contribution is 6.13. The molecular weight excluding hydrogens is 335 g/mol. The topological polar surface area (TPSA) is 106 Å². The van der Waals surface area contributed by atoms with Gasteiger partial charge in [-0.1, -0.05) is 0 Å². The average molecular weight is 348 g/mol. The van der Waals surface area contributed by atoms with Crippen LogP contribution in [0.2, 0.25) is 0 Å². The van der Waals surface area contributed by atoms with Crippen LogP contribution >= 0.6 is 0 Å². The maximum absolute atomic E-state index is 13.2. The van der Waals surface area contributed by atoms with E-state index < -0.39 is 18.6 Å². The van der Waals surface area contributed by atoms with Gasteiger partial charge in [-0.3, -0.25) is 4.99 Å². The number of nitrogens with two attached hydrogens (primary N) is 1. The molecule has 1 unspecified atom stereocenters. The summed E-state index contributed by atoms with van der Waals surface area (Å²) < 4.78 is 43.4. The Balaban J connectivity index is 1.89. The Bertz CT molecular complexity index is 941. The van der Waals surface area contributed by atoms with Crippen molar-refractivity contribution in [1.82, 2.24) is 24.9 Å². The van der Waals surface area contributed by atoms with E-state index in [-0.39, 0.29) is 11.4 Å². The fourth-order valence-corrected chi connectivity index (χ4v) is 2.25. The summed E-state index contributed by atoms with van der Waals surface area (Å²) in [6, 6.07) is -0.257. The Hall–Kier alpha value is -3.35. The zero-order valence-electron chi connectivity index (χ0n) is 12.7. The van der Waals surface area contributed by atoms with E-state index in [1.807, 2.05) is 0 Å². The number of fused-ring (bicyclic) bond motifs is 1. The van der Waals surface area contributed by atoms with Gasteiger partial charge in [0.1, 0.15) is 12.0 Å². The van der Waals surface area contributed by atoms with Crippen LogP contribution in [0, 0.1) is 0 Å². The van der Waals surface area contributed by atoms with E-state index >= 15 is 0 Å². The number of amidine groups is 1. The van der Waals surface area contributed by atoms with Crippen molar-refractivity contribution in [2.24, 2.45) is 10.7 Å². The number of alkyl halides is 3. The quantitative estimate of drug-likeness (QED) is 0.551. The summed E-state index contributed by atoms with van der Waals surface area (Å²) in [5, 5.41) is 3.22. The Kier molecular flexibility index (Phi) is 4.38. The van der Waals surface area contributed by atoms with Crippen LogP contribution in [-0.2, 0) is 0 Å². The molecular formula is C15H13F3N7+. The standard InChI is InChI=1S/C15H12F3N7/c16-15(17,18)11(5-12-20-3-4-21-12)23-7-9(6-19)13-10-1-2-22-14(10)25-8-24-13/h1-3,6-8,11H,5H2,(H3,19,22,23,24,25)/p+1. The molecule has 1 atom stereocenters. The van der Waals surface area contributed by atoms with E-state index in [4.69, 9.17) is 5.73 Å². The number of halogens is 3. The second-order valence-electron chi connectivity index (χ2n) is 5.10. The predicted octanol–water partition coefficient (Wildman–Crippen LogP) is 0.902. The maximum atomic E-state index is 13.2. The average Bonchev–Trinajstić information content (AvgIpc) is 3.24. The summed E-state index contributed by atoms with van der Waals surface area (Å²) in [6.07, 6.45) is 1.56. The minimum Gasteiger partial charge on any atom is -0.404 e. The predicted molar refractivity (Wildman–Crippen MR) is 88.9 cm³/mol. The second-order valence-corrected chi connectivity index (χ2v) is 5.10. The van der Waals surface area contributed by atoms with Crippen LogP contribution in [0.3, 0.4) is 0 Å². The van der Waals surface area contributed by atoms with Gasteiger partial charge >= 0.3 is 12.0 Å². The number of aromatic nitrogens is 3. The van der Waals surface area contributed by atoms with Crippen LogP contribution in [0.15, 0.2) is 36.0 Å². The molecule has 0 saturated carbocycles. The van der Waals surface area contributed by atoms with Crippen molar-refractivity contribution in [3.8, 4) is 0 Å². The Labute approximate surface area is 139 Å². The van der Waals surface area contributed by atoms with Gasteiger partial charge in [0, 0.05) is 29.6 Å². The lowest BCUT2D eigenvalue weighted by molar-refractivity contribution is -0.145. The van der Waals surface area contributed by atoms with Gasteiger partial charge in [-0.15, -0.1) is 0 Å². The van der Waals surface area contributed by atoms with Crippen molar-refractivity contribution in [3.63, 3.8) is 0 Å². The van der Waals surface area contributed by atoms with Crippen molar-refractivity contribution in [3.05, 3.63) is 36.7 Å². The number of hydrogen-bond acceptors (Lipinski definition) is 5. The van der Waals surface area contributed by atoms with Gasteiger partial charge in [0.25, 0.3) is 0 Å². The Morgan fingerprint density at radius 2 is 2.28 bits per heavy atom. The zero-order valence-corrected chi connectivity index (χ0v) is 12.7. The molecule has 0 spiro atoms. The van der Waals surface area contributed by atoms with Crippen molar-refractivity contribution < 1.29 is 13.2 Å². The monoisotopic (exact) mass is 348 g/mol. The van der Waals surface area contributed by atoms with E-state index in [1.54, 1.807) is 12.3 Å². The minimum absolute atomic E-state index is 0.146. The number of aromatic amines is 1. The maximum Gasteiger partial charge on any atom is 0.411 e. The molecule has 7 nitrogen and oxygen atoms in total. The van der Waals surface area contributed by atoms with Crippen LogP contribution in [0.5, 0.6) is 0 Å². The van der Waals surface area contributed by atoms with Crippen LogP contribution in [-0.4, -0.2) is 45.1 Å². The molecule has 1 aliphatic heterocycles. The van der Waals surface area contributed by atoms with Crippen molar-refractivity contribution in [2.75, 3.05) is 0 Å². The van der Waals surface area contributed by atoms with Gasteiger partial charge < -0.3 is 10.7 Å². The number of aliphatic imine (C=N–C) groups is 1. The number of H-pyrrole nitrogens is 1. The molecule has 3 rings (SSSR count). The highest BCUT2D eigenvalue weighted by Gasteiger charge is 2.42. The lowest BCUT2D eigenvalue weighted by Gasteiger charge is -2.13. The molecule has 0 saturated heterocycles. The number of rotatable bonds is 5. The molecule has 0 bridgehead atoms. The molecule has 4 N–H and O–H groups in total. The summed E-state index contributed by atoms with van der Waals surface area (Å²) >= 11 is 0. The Morgan fingerprint density at radius 1 is 1.44 bits per heavy atom. The van der Waals surface area contributed by atoms with Crippen LogP contribution in [0.1, 0.15) is 12.1 Å². The SMILES string of the molecule is NC=C(C=NC(CC1=[N+]=C=CN1)C(F)(F)F)c1ncnc2[nH]ccc12. The van der Waals surface area contributed by atoms with Gasteiger partial charge in [-0.05, 0) is 6.07 Å². The molecule has 1 aliphatic rings. The van der Waals surface area contributed by atoms with E-state index in [1.165, 1.54) is 12.5 Å². The molecule has 0 amide bonds. The molecule has 0 radical (unpaired) electrons. The molecule has 10 heteroatoms. The third-order valence-electron chi connectivity index (χ3n) is 3.47. The summed E-state index contributed by atoms with van der Waals surface area (Å²) in [5.74, 6) is 2.58. The lowest BCUT2D eigenvalue weighted by Crippen LogP contribution is -2.33. The van der Waals surface area contributed by atoms with Crippen molar-refractivity contribution in [1.29, 1.82) is 0 Å². The van der Waals surface area contributed by atoms with Crippen LogP contribution in [0.25, 0.3) is 16.6 Å². The zero-order chi connectivity index (χ0) is 17.9. The number of nitrogens with one attached hydrogen (secondary N) is 2. The summed E-state index contributed by atoms with van der Waals surface area (Å²) in [7, 11) is 0. The van der Waals surface area contributed by atoms with Gasteiger partial charge in [0.05, 0.1) is 12.1 Å². The van der Waals surface area contributed by atoms with E-state index in [2.05, 4.69) is 35.8 Å². The number of nitrogens with zero attached hydrogens (tertiary/aromatic N) is 4. The fraction of sp³-hybridized carbons (Fsp3) is 0.200. The molecule has 0 fully saturated rings. The fourth-order valence-electron chi connectivity index (χ4n) is 2.25. The molecule has 0 aliphatic carbocycles. The van der Waals surface area contributed by atoms with Crippen molar-refractivity contribution in [2.45, 2.75) is 18.6 Å². The first-order valence-corrected chi connectivity index (χ1v) is 7.19. The molecule has 3 heterocycles. The van der Waals surface area contributed by atoms with E-state index in [0.29, 0.717) is 16.7 Å². The smallest absolute Gasteiger partial charge is 0.404 e. The Morgan fingerprint density at radius 3 is 2.96 bits per heavy atom.